The second-order valence-corrected chi connectivity index (χ2v) is 5.58. The van der Waals surface area contributed by atoms with Crippen molar-refractivity contribution in [3.8, 4) is 0 Å². The summed E-state index contributed by atoms with van der Waals surface area (Å²) in [6.07, 6.45) is -0.795. The Bertz CT molecular complexity index is 719. The second-order valence-electron chi connectivity index (χ2n) is 4.26. The lowest BCUT2D eigenvalue weighted by atomic mass is 10.1. The number of hydrogen-bond acceptors (Lipinski definition) is 2. The molecule has 96 valence electrons. The van der Waals surface area contributed by atoms with Crippen LogP contribution in [0.3, 0.4) is 0 Å². The van der Waals surface area contributed by atoms with Crippen LogP contribution in [0.2, 0.25) is 5.02 Å². The Kier molecular flexibility index (Phi) is 3.35. The van der Waals surface area contributed by atoms with Crippen molar-refractivity contribution in [2.45, 2.75) is 6.10 Å². The molecule has 4 heteroatoms. The van der Waals surface area contributed by atoms with E-state index in [0.717, 1.165) is 15.4 Å². The van der Waals surface area contributed by atoms with Crippen molar-refractivity contribution in [3.05, 3.63) is 69.3 Å². The smallest absolute Gasteiger partial charge is 0.153 e. The van der Waals surface area contributed by atoms with Crippen LogP contribution < -0.4 is 0 Å². The molecule has 1 heterocycles. The molecule has 0 spiro atoms. The standard InChI is InChI=1S/C15H10BrClO2/c16-11-6-4-9(5-7-11)14(18)13-8-10-2-1-3-12(17)15(10)19-13/h1-8,14,18H. The SMILES string of the molecule is OC(c1ccc(Br)cc1)c1cc2cccc(Cl)c2o1. The molecule has 0 fully saturated rings. The lowest BCUT2D eigenvalue weighted by Crippen LogP contribution is -1.97. The number of aliphatic hydroxyl groups excluding tert-OH is 1. The summed E-state index contributed by atoms with van der Waals surface area (Å²) in [5, 5.41) is 11.8. The number of aliphatic hydroxyl groups is 1. The maximum atomic E-state index is 10.3. The first kappa shape index (κ1) is 12.7. The Morgan fingerprint density at radius 3 is 2.53 bits per heavy atom. The molecule has 19 heavy (non-hydrogen) atoms. The maximum absolute atomic E-state index is 10.3. The van der Waals surface area contributed by atoms with E-state index in [4.69, 9.17) is 16.0 Å². The molecule has 0 aliphatic heterocycles. The highest BCUT2D eigenvalue weighted by Gasteiger charge is 2.16. The molecule has 3 rings (SSSR count). The molecular weight excluding hydrogens is 328 g/mol. The zero-order valence-corrected chi connectivity index (χ0v) is 12.1. The van der Waals surface area contributed by atoms with Crippen LogP contribution in [0.1, 0.15) is 17.4 Å². The van der Waals surface area contributed by atoms with Crippen molar-refractivity contribution < 1.29 is 9.52 Å². The fourth-order valence-corrected chi connectivity index (χ4v) is 2.48. The molecule has 0 amide bonds. The minimum atomic E-state index is -0.795. The van der Waals surface area contributed by atoms with E-state index in [1.165, 1.54) is 0 Å². The first-order valence-corrected chi connectivity index (χ1v) is 6.94. The Morgan fingerprint density at radius 1 is 1.11 bits per heavy atom. The van der Waals surface area contributed by atoms with E-state index < -0.39 is 6.10 Å². The average Bonchev–Trinajstić information content (AvgIpc) is 2.84. The number of rotatable bonds is 2. The van der Waals surface area contributed by atoms with Crippen LogP contribution in [-0.2, 0) is 0 Å². The summed E-state index contributed by atoms with van der Waals surface area (Å²) in [5.41, 5.74) is 1.38. The van der Waals surface area contributed by atoms with Crippen LogP contribution in [-0.4, -0.2) is 5.11 Å². The van der Waals surface area contributed by atoms with Crippen molar-refractivity contribution in [3.63, 3.8) is 0 Å². The Balaban J connectivity index is 2.04. The van der Waals surface area contributed by atoms with Gasteiger partial charge in [0.2, 0.25) is 0 Å². The Morgan fingerprint density at radius 2 is 1.84 bits per heavy atom. The highest BCUT2D eigenvalue weighted by molar-refractivity contribution is 9.10. The number of halogens is 2. The van der Waals surface area contributed by atoms with Crippen LogP contribution in [0.25, 0.3) is 11.0 Å². The predicted octanol–water partition coefficient (Wildman–Crippen LogP) is 4.93. The summed E-state index contributed by atoms with van der Waals surface area (Å²) in [6, 6.07) is 14.8. The quantitative estimate of drug-likeness (QED) is 0.719. The molecule has 1 unspecified atom stereocenters. The van der Waals surface area contributed by atoms with E-state index in [1.54, 1.807) is 6.07 Å². The lowest BCUT2D eigenvalue weighted by Gasteiger charge is -2.07. The Hall–Kier alpha value is -1.29. The normalized spacial score (nSPS) is 12.8. The van der Waals surface area contributed by atoms with Gasteiger partial charge in [-0.2, -0.15) is 0 Å². The van der Waals surface area contributed by atoms with Gasteiger partial charge in [-0.1, -0.05) is 51.8 Å². The van der Waals surface area contributed by atoms with Crippen molar-refractivity contribution in [2.75, 3.05) is 0 Å². The van der Waals surface area contributed by atoms with Crippen molar-refractivity contribution in [2.24, 2.45) is 0 Å². The van der Waals surface area contributed by atoms with Crippen LogP contribution in [0.15, 0.2) is 57.4 Å². The third-order valence-corrected chi connectivity index (χ3v) is 3.80. The van der Waals surface area contributed by atoms with Gasteiger partial charge in [0.05, 0.1) is 5.02 Å². The summed E-state index contributed by atoms with van der Waals surface area (Å²) >= 11 is 9.43. The van der Waals surface area contributed by atoms with Gasteiger partial charge >= 0.3 is 0 Å². The highest BCUT2D eigenvalue weighted by Crippen LogP contribution is 2.32. The maximum Gasteiger partial charge on any atom is 0.153 e. The van der Waals surface area contributed by atoms with Crippen LogP contribution in [0, 0.1) is 0 Å². The zero-order valence-electron chi connectivity index (χ0n) is 9.81. The third-order valence-electron chi connectivity index (χ3n) is 2.97. The first-order valence-electron chi connectivity index (χ1n) is 5.76. The van der Waals surface area contributed by atoms with Gasteiger partial charge in [0.1, 0.15) is 11.9 Å². The van der Waals surface area contributed by atoms with E-state index in [-0.39, 0.29) is 0 Å². The van der Waals surface area contributed by atoms with Gasteiger partial charge in [0, 0.05) is 9.86 Å². The van der Waals surface area contributed by atoms with Gasteiger partial charge in [0.15, 0.2) is 5.58 Å². The number of para-hydroxylation sites is 1. The highest BCUT2D eigenvalue weighted by atomic mass is 79.9. The molecule has 3 aromatic rings. The minimum absolute atomic E-state index is 0.491. The molecule has 0 saturated heterocycles. The number of hydrogen-bond donors (Lipinski definition) is 1. The number of benzene rings is 2. The van der Waals surface area contributed by atoms with Gasteiger partial charge in [-0.05, 0) is 29.8 Å². The molecule has 2 nitrogen and oxygen atoms in total. The molecule has 0 bridgehead atoms. The van der Waals surface area contributed by atoms with Gasteiger partial charge in [-0.15, -0.1) is 0 Å². The number of fused-ring (bicyclic) bond motifs is 1. The Labute approximate surface area is 123 Å². The third kappa shape index (κ3) is 2.41. The summed E-state index contributed by atoms with van der Waals surface area (Å²) in [4.78, 5) is 0. The molecule has 0 radical (unpaired) electrons. The summed E-state index contributed by atoms with van der Waals surface area (Å²) in [7, 11) is 0. The van der Waals surface area contributed by atoms with E-state index in [9.17, 15) is 5.11 Å². The van der Waals surface area contributed by atoms with Crippen molar-refractivity contribution >= 4 is 38.5 Å². The fraction of sp³-hybridized carbons (Fsp3) is 0.0667. The predicted molar refractivity (Wildman–Crippen MR) is 79.4 cm³/mol. The molecule has 1 N–H and O–H groups in total. The average molecular weight is 338 g/mol. The van der Waals surface area contributed by atoms with Gasteiger partial charge in [-0.3, -0.25) is 0 Å². The van der Waals surface area contributed by atoms with Crippen LogP contribution >= 0.6 is 27.5 Å². The van der Waals surface area contributed by atoms with Crippen molar-refractivity contribution in [1.82, 2.24) is 0 Å². The molecule has 0 aliphatic carbocycles. The molecule has 2 aromatic carbocycles. The monoisotopic (exact) mass is 336 g/mol. The van der Waals surface area contributed by atoms with E-state index in [0.29, 0.717) is 16.4 Å². The van der Waals surface area contributed by atoms with Gasteiger partial charge in [-0.25, -0.2) is 0 Å². The van der Waals surface area contributed by atoms with E-state index in [2.05, 4.69) is 15.9 Å². The largest absolute Gasteiger partial charge is 0.456 e. The molecule has 1 atom stereocenters. The zero-order chi connectivity index (χ0) is 13.4. The fourth-order valence-electron chi connectivity index (χ4n) is 1.99. The van der Waals surface area contributed by atoms with Gasteiger partial charge in [0.25, 0.3) is 0 Å². The first-order chi connectivity index (χ1) is 9.15. The molecular formula is C15H10BrClO2. The summed E-state index contributed by atoms with van der Waals surface area (Å²) < 4.78 is 6.62. The minimum Gasteiger partial charge on any atom is -0.456 e. The van der Waals surface area contributed by atoms with E-state index in [1.807, 2.05) is 42.5 Å². The van der Waals surface area contributed by atoms with Crippen LogP contribution in [0.4, 0.5) is 0 Å². The molecule has 0 saturated carbocycles. The second kappa shape index (κ2) is 5.00. The molecule has 0 aliphatic rings. The molecule has 1 aromatic heterocycles. The topological polar surface area (TPSA) is 33.4 Å². The van der Waals surface area contributed by atoms with Gasteiger partial charge < -0.3 is 9.52 Å². The van der Waals surface area contributed by atoms with Crippen molar-refractivity contribution in [1.29, 1.82) is 0 Å². The summed E-state index contributed by atoms with van der Waals surface area (Å²) in [5.74, 6) is 0.491. The van der Waals surface area contributed by atoms with E-state index >= 15 is 0 Å². The lowest BCUT2D eigenvalue weighted by molar-refractivity contribution is 0.192. The number of furan rings is 1. The summed E-state index contributed by atoms with van der Waals surface area (Å²) in [6.45, 7) is 0. The van der Waals surface area contributed by atoms with Crippen LogP contribution in [0.5, 0.6) is 0 Å².